The summed E-state index contributed by atoms with van der Waals surface area (Å²) >= 11 is 0. The minimum absolute atomic E-state index is 0.0735. The number of ether oxygens (including phenoxy) is 1. The molecular weight excluding hydrogens is 468 g/mol. The van der Waals surface area contributed by atoms with E-state index < -0.39 is 5.97 Å². The van der Waals surface area contributed by atoms with Gasteiger partial charge in [0.05, 0.1) is 12.8 Å². The topological polar surface area (TPSA) is 69.5 Å². The molecular formula is C21H28N2O4P4. The number of oxime groups is 2. The zero-order valence-corrected chi connectivity index (χ0v) is 22.6. The number of benzene rings is 2. The summed E-state index contributed by atoms with van der Waals surface area (Å²) in [5.41, 5.74) is 5.18. The van der Waals surface area contributed by atoms with Gasteiger partial charge in [0.2, 0.25) is 0 Å². The number of nitrogens with zero attached hydrogens (tertiary/aromatic N) is 2. The summed E-state index contributed by atoms with van der Waals surface area (Å²) in [7, 11) is 13.8. The molecule has 4 unspecified atom stereocenters. The maximum absolute atomic E-state index is 12.2. The minimum atomic E-state index is -0.590. The second-order valence-corrected chi connectivity index (χ2v) is 12.4. The molecule has 0 saturated heterocycles. The average Bonchev–Trinajstić information content (AvgIpc) is 2.71. The van der Waals surface area contributed by atoms with E-state index >= 15 is 0 Å². The molecule has 0 aliphatic carbocycles. The fourth-order valence-corrected chi connectivity index (χ4v) is 4.27. The summed E-state index contributed by atoms with van der Waals surface area (Å²) in [6, 6.07) is 11.6. The number of hydrogen-bond acceptors (Lipinski definition) is 6. The molecule has 6 nitrogen and oxygen atoms in total. The predicted octanol–water partition coefficient (Wildman–Crippen LogP) is 3.70. The van der Waals surface area contributed by atoms with Crippen LogP contribution in [0.3, 0.4) is 0 Å². The zero-order valence-electron chi connectivity index (χ0n) is 18.0. The first kappa shape index (κ1) is 25.8. The number of carbonyl (C=O) groups excluding carboxylic acids is 1. The smallest absolute Gasteiger partial charge is 0.360 e. The van der Waals surface area contributed by atoms with Crippen molar-refractivity contribution in [1.82, 2.24) is 0 Å². The molecule has 0 N–H and O–H groups in total. The predicted molar refractivity (Wildman–Crippen MR) is 140 cm³/mol. The van der Waals surface area contributed by atoms with E-state index in [1.165, 1.54) is 14.2 Å². The van der Waals surface area contributed by atoms with Gasteiger partial charge in [-0.1, -0.05) is 46.7 Å². The van der Waals surface area contributed by atoms with Crippen molar-refractivity contribution >= 4 is 59.7 Å². The van der Waals surface area contributed by atoms with E-state index in [0.29, 0.717) is 5.56 Å². The van der Waals surface area contributed by atoms with E-state index in [0.717, 1.165) is 33.3 Å². The molecule has 0 aliphatic rings. The third kappa shape index (κ3) is 6.53. The number of esters is 1. The second-order valence-electron chi connectivity index (χ2n) is 6.87. The number of aryl methyl sites for hydroxylation is 1. The highest BCUT2D eigenvalue weighted by atomic mass is 31.1. The molecule has 0 radical (unpaired) electrons. The van der Waals surface area contributed by atoms with Crippen molar-refractivity contribution in [2.75, 3.05) is 14.2 Å². The lowest BCUT2D eigenvalue weighted by atomic mass is 9.99. The Morgan fingerprint density at radius 1 is 1.06 bits per heavy atom. The average molecular weight is 496 g/mol. The Morgan fingerprint density at radius 3 is 2.35 bits per heavy atom. The fraction of sp³-hybridized carbons (Fsp3) is 0.286. The van der Waals surface area contributed by atoms with Crippen LogP contribution in [0.2, 0.25) is 0 Å². The molecule has 4 atom stereocenters. The van der Waals surface area contributed by atoms with Crippen molar-refractivity contribution < 1.29 is 19.2 Å². The molecule has 2 aromatic carbocycles. The van der Waals surface area contributed by atoms with Crippen molar-refractivity contribution in [2.45, 2.75) is 25.1 Å². The summed E-state index contributed by atoms with van der Waals surface area (Å²) < 4.78 is 4.56. The molecule has 0 aromatic heterocycles. The van der Waals surface area contributed by atoms with Crippen LogP contribution >= 0.6 is 37.0 Å². The first-order chi connectivity index (χ1) is 14.6. The van der Waals surface area contributed by atoms with E-state index in [9.17, 15) is 4.79 Å². The highest BCUT2D eigenvalue weighted by molar-refractivity contribution is 7.56. The van der Waals surface area contributed by atoms with E-state index in [4.69, 9.17) is 14.4 Å². The lowest BCUT2D eigenvalue weighted by Gasteiger charge is -2.23. The molecule has 0 saturated carbocycles. The van der Waals surface area contributed by atoms with Gasteiger partial charge in [0, 0.05) is 21.3 Å². The van der Waals surface area contributed by atoms with Crippen LogP contribution in [-0.2, 0) is 30.5 Å². The first-order valence-corrected chi connectivity index (χ1v) is 11.6. The minimum Gasteiger partial charge on any atom is -0.464 e. The third-order valence-electron chi connectivity index (χ3n) is 4.56. The number of rotatable bonds is 8. The summed E-state index contributed by atoms with van der Waals surface area (Å²) in [5.74, 6) is -0.590. The molecule has 166 valence electrons. The van der Waals surface area contributed by atoms with Crippen LogP contribution in [-0.4, -0.2) is 31.6 Å². The third-order valence-corrected chi connectivity index (χ3v) is 5.98. The van der Waals surface area contributed by atoms with Crippen LogP contribution in [0.5, 0.6) is 0 Å². The highest BCUT2D eigenvalue weighted by Gasteiger charge is 2.22. The van der Waals surface area contributed by atoms with E-state index in [-0.39, 0.29) is 17.0 Å². The molecule has 0 aliphatic heterocycles. The lowest BCUT2D eigenvalue weighted by molar-refractivity contribution is -0.132. The van der Waals surface area contributed by atoms with Crippen LogP contribution in [0.1, 0.15) is 34.7 Å². The van der Waals surface area contributed by atoms with Gasteiger partial charge in [0.25, 0.3) is 0 Å². The molecule has 0 spiro atoms. The van der Waals surface area contributed by atoms with Crippen LogP contribution in [0.25, 0.3) is 0 Å². The summed E-state index contributed by atoms with van der Waals surface area (Å²) in [4.78, 5) is 22.8. The van der Waals surface area contributed by atoms with Crippen molar-refractivity contribution in [2.24, 2.45) is 10.3 Å². The molecule has 0 heterocycles. The van der Waals surface area contributed by atoms with Gasteiger partial charge in [-0.15, -0.1) is 37.0 Å². The van der Waals surface area contributed by atoms with Crippen LogP contribution in [0, 0.1) is 6.92 Å². The Labute approximate surface area is 192 Å². The molecule has 2 aromatic rings. The van der Waals surface area contributed by atoms with Gasteiger partial charge in [-0.05, 0) is 30.3 Å². The first-order valence-electron chi connectivity index (χ1n) is 9.32. The summed E-state index contributed by atoms with van der Waals surface area (Å²) in [5, 5.41) is 9.24. The molecule has 0 bridgehead atoms. The molecule has 2 rings (SSSR count). The Kier molecular flexibility index (Phi) is 9.53. The maximum Gasteiger partial charge on any atom is 0.360 e. The van der Waals surface area contributed by atoms with Crippen molar-refractivity contribution in [1.29, 1.82) is 0 Å². The van der Waals surface area contributed by atoms with Gasteiger partial charge in [-0.2, -0.15) is 0 Å². The molecule has 0 fully saturated rings. The lowest BCUT2D eigenvalue weighted by Crippen LogP contribution is -2.20. The van der Waals surface area contributed by atoms with Gasteiger partial charge in [-0.25, -0.2) is 4.79 Å². The molecule has 31 heavy (non-hydrogen) atoms. The van der Waals surface area contributed by atoms with E-state index in [1.54, 1.807) is 6.07 Å². The Balaban J connectivity index is 2.38. The van der Waals surface area contributed by atoms with Crippen LogP contribution in [0.15, 0.2) is 46.7 Å². The highest BCUT2D eigenvalue weighted by Crippen LogP contribution is 2.46. The summed E-state index contributed by atoms with van der Waals surface area (Å²) in [6.07, 6.45) is 0. The Hall–Kier alpha value is -1.43. The summed E-state index contributed by atoms with van der Waals surface area (Å²) in [6.45, 7) is 3.99. The normalized spacial score (nSPS) is 12.5. The van der Waals surface area contributed by atoms with Crippen LogP contribution in [0.4, 0.5) is 0 Å². The second kappa shape index (κ2) is 11.4. The number of carbonyl (C=O) groups is 1. The standard InChI is InChI=1S/C21H28N2O4P4/c1-12-7-5-8-14(19(23-26-4)20(24)25-3)15(12)11-27-22-13(2)18-16(21(29,30)31)9-6-10-17(18)28/h5-10H,11,28-31H2,1-4H3/b22-13+,23-19+. The van der Waals surface area contributed by atoms with Crippen molar-refractivity contribution in [3.8, 4) is 0 Å². The Bertz CT molecular complexity index is 1020. The van der Waals surface area contributed by atoms with E-state index in [1.807, 2.05) is 38.1 Å². The maximum atomic E-state index is 12.2. The van der Waals surface area contributed by atoms with Gasteiger partial charge in [0.1, 0.15) is 13.7 Å². The fourth-order valence-electron chi connectivity index (χ4n) is 3.07. The van der Waals surface area contributed by atoms with Gasteiger partial charge < -0.3 is 14.4 Å². The largest absolute Gasteiger partial charge is 0.464 e. The van der Waals surface area contributed by atoms with E-state index in [2.05, 4.69) is 53.3 Å². The van der Waals surface area contributed by atoms with Crippen molar-refractivity contribution in [3.05, 3.63) is 64.2 Å². The van der Waals surface area contributed by atoms with Gasteiger partial charge >= 0.3 is 5.97 Å². The van der Waals surface area contributed by atoms with Gasteiger partial charge in [-0.3, -0.25) is 0 Å². The number of methoxy groups -OCH3 is 1. The van der Waals surface area contributed by atoms with Gasteiger partial charge in [0.15, 0.2) is 5.71 Å². The molecule has 0 amide bonds. The van der Waals surface area contributed by atoms with Crippen molar-refractivity contribution in [3.63, 3.8) is 0 Å². The Morgan fingerprint density at radius 2 is 1.74 bits per heavy atom. The SMILES string of the molecule is CO/N=C(/C(=O)OC)c1cccc(C)c1CO/N=C(\C)c1c(P)cccc1C(P)(P)P. The quantitative estimate of drug-likeness (QED) is 0.242. The zero-order chi connectivity index (χ0) is 23.2. The monoisotopic (exact) mass is 496 g/mol. The number of hydrogen-bond donors (Lipinski definition) is 0. The van der Waals surface area contributed by atoms with Crippen LogP contribution < -0.4 is 5.30 Å². The molecule has 10 heteroatoms.